The first-order valence-corrected chi connectivity index (χ1v) is 19.4. The number of likely N-dealkylation sites (tertiary alicyclic amines) is 1. The number of piperidine rings is 1. The molecule has 2 aliphatic heterocycles. The second kappa shape index (κ2) is 16.3. The molecule has 1 saturated carbocycles. The first kappa shape index (κ1) is 35.8. The third-order valence-electron chi connectivity index (χ3n) is 11.0. The van der Waals surface area contributed by atoms with Gasteiger partial charge in [-0.1, -0.05) is 36.8 Å². The van der Waals surface area contributed by atoms with Crippen molar-refractivity contribution in [1.29, 1.82) is 0 Å². The largest absolute Gasteiger partial charge is 0.497 e. The van der Waals surface area contributed by atoms with Crippen molar-refractivity contribution in [3.63, 3.8) is 0 Å². The quantitative estimate of drug-likeness (QED) is 0.234. The summed E-state index contributed by atoms with van der Waals surface area (Å²) in [6, 6.07) is 14.2. The van der Waals surface area contributed by atoms with Gasteiger partial charge in [-0.05, 0) is 139 Å². The Bertz CT molecular complexity index is 1400. The van der Waals surface area contributed by atoms with E-state index < -0.39 is 16.1 Å². The van der Waals surface area contributed by atoms with Gasteiger partial charge < -0.3 is 14.8 Å². The van der Waals surface area contributed by atoms with Crippen LogP contribution in [0, 0.1) is 19.8 Å². The number of methoxy groups -OCH3 is 1. The number of nitrogens with zero attached hydrogens (tertiary/aromatic N) is 2. The lowest BCUT2D eigenvalue weighted by Gasteiger charge is -2.47. The molecular formula is C38H57N3O5S. The highest BCUT2D eigenvalue weighted by atomic mass is 32.2. The Morgan fingerprint density at radius 1 is 0.979 bits per heavy atom. The fourth-order valence-electron chi connectivity index (χ4n) is 8.36. The van der Waals surface area contributed by atoms with Crippen LogP contribution in [-0.2, 0) is 26.0 Å². The molecule has 8 nitrogen and oxygen atoms in total. The molecule has 1 aliphatic carbocycles. The minimum atomic E-state index is -3.73. The Morgan fingerprint density at radius 2 is 1.64 bits per heavy atom. The van der Waals surface area contributed by atoms with E-state index in [-0.39, 0.29) is 18.6 Å². The SMILES string of the molecule is COc1cc(C)c(S(=O)(=O)N2CCCCC2COC(C)C(=O)NCCCC2CCC(Cc3ccccc3)(N3CCCC3)CC2)c(C)c1. The Kier molecular flexibility index (Phi) is 12.4. The van der Waals surface area contributed by atoms with E-state index in [4.69, 9.17) is 9.47 Å². The van der Waals surface area contributed by atoms with Crippen molar-refractivity contribution in [1.82, 2.24) is 14.5 Å². The molecule has 5 rings (SSSR count). The van der Waals surface area contributed by atoms with Gasteiger partial charge in [0.15, 0.2) is 0 Å². The highest BCUT2D eigenvalue weighted by molar-refractivity contribution is 7.89. The van der Waals surface area contributed by atoms with Crippen LogP contribution in [0.15, 0.2) is 47.4 Å². The van der Waals surface area contributed by atoms with E-state index in [0.717, 1.165) is 32.1 Å². The average molecular weight is 668 g/mol. The third-order valence-corrected chi connectivity index (χ3v) is 13.3. The number of carbonyl (C=O) groups excluding carboxylic acids is 1. The first-order chi connectivity index (χ1) is 22.6. The molecule has 260 valence electrons. The van der Waals surface area contributed by atoms with E-state index in [9.17, 15) is 13.2 Å². The van der Waals surface area contributed by atoms with Gasteiger partial charge in [-0.25, -0.2) is 8.42 Å². The summed E-state index contributed by atoms with van der Waals surface area (Å²) < 4.78 is 40.7. The molecule has 0 aromatic heterocycles. The fraction of sp³-hybridized carbons (Fsp3) is 0.658. The molecular weight excluding hydrogens is 611 g/mol. The number of ether oxygens (including phenoxy) is 2. The molecule has 3 fully saturated rings. The summed E-state index contributed by atoms with van der Waals surface area (Å²) in [5.41, 5.74) is 3.10. The molecule has 0 radical (unpaired) electrons. The van der Waals surface area contributed by atoms with Crippen molar-refractivity contribution in [2.45, 2.75) is 120 Å². The van der Waals surface area contributed by atoms with E-state index in [1.807, 2.05) is 13.8 Å². The van der Waals surface area contributed by atoms with E-state index in [2.05, 4.69) is 40.5 Å². The lowest BCUT2D eigenvalue weighted by molar-refractivity contribution is -0.132. The maximum Gasteiger partial charge on any atom is 0.248 e. The monoisotopic (exact) mass is 667 g/mol. The van der Waals surface area contributed by atoms with Crippen molar-refractivity contribution >= 4 is 15.9 Å². The number of carbonyl (C=O) groups is 1. The van der Waals surface area contributed by atoms with Crippen LogP contribution >= 0.6 is 0 Å². The number of aryl methyl sites for hydroxylation is 2. The van der Waals surface area contributed by atoms with Crippen molar-refractivity contribution in [3.8, 4) is 5.75 Å². The smallest absolute Gasteiger partial charge is 0.248 e. The summed E-state index contributed by atoms with van der Waals surface area (Å²) >= 11 is 0. The van der Waals surface area contributed by atoms with Crippen LogP contribution in [-0.4, -0.2) is 81.1 Å². The summed E-state index contributed by atoms with van der Waals surface area (Å²) in [7, 11) is -2.14. The number of amides is 1. The summed E-state index contributed by atoms with van der Waals surface area (Å²) in [6.07, 6.45) is 12.8. The number of sulfonamides is 1. The van der Waals surface area contributed by atoms with E-state index >= 15 is 0 Å². The highest BCUT2D eigenvalue weighted by Crippen LogP contribution is 2.42. The second-order valence-corrected chi connectivity index (χ2v) is 16.1. The van der Waals surface area contributed by atoms with Crippen LogP contribution < -0.4 is 10.1 Å². The van der Waals surface area contributed by atoms with Crippen LogP contribution in [0.25, 0.3) is 0 Å². The summed E-state index contributed by atoms with van der Waals surface area (Å²) in [5.74, 6) is 1.23. The number of nitrogens with one attached hydrogen (secondary N) is 1. The average Bonchev–Trinajstić information content (AvgIpc) is 3.62. The molecule has 0 bridgehead atoms. The molecule has 2 aromatic rings. The molecule has 2 heterocycles. The number of benzene rings is 2. The van der Waals surface area contributed by atoms with Gasteiger partial charge in [0.05, 0.1) is 18.6 Å². The van der Waals surface area contributed by atoms with Crippen molar-refractivity contribution in [2.75, 3.05) is 39.9 Å². The molecule has 2 aromatic carbocycles. The van der Waals surface area contributed by atoms with Gasteiger partial charge in [0.1, 0.15) is 11.9 Å². The maximum absolute atomic E-state index is 13.9. The van der Waals surface area contributed by atoms with Crippen LogP contribution in [0.3, 0.4) is 0 Å². The third kappa shape index (κ3) is 8.77. The van der Waals surface area contributed by atoms with Gasteiger partial charge in [-0.2, -0.15) is 4.31 Å². The minimum absolute atomic E-state index is 0.128. The Hall–Kier alpha value is -2.46. The van der Waals surface area contributed by atoms with Crippen molar-refractivity contribution < 1.29 is 22.7 Å². The van der Waals surface area contributed by atoms with E-state index in [1.165, 1.54) is 57.2 Å². The zero-order valence-corrected chi connectivity index (χ0v) is 30.0. The van der Waals surface area contributed by atoms with Gasteiger partial charge in [-0.3, -0.25) is 9.69 Å². The van der Waals surface area contributed by atoms with E-state index in [1.54, 1.807) is 30.5 Å². The van der Waals surface area contributed by atoms with Gasteiger partial charge >= 0.3 is 0 Å². The number of hydrogen-bond acceptors (Lipinski definition) is 6. The van der Waals surface area contributed by atoms with Crippen LogP contribution in [0.1, 0.15) is 94.2 Å². The predicted octanol–water partition coefficient (Wildman–Crippen LogP) is 6.42. The van der Waals surface area contributed by atoms with Gasteiger partial charge in [0, 0.05) is 24.7 Å². The molecule has 47 heavy (non-hydrogen) atoms. The number of hydrogen-bond donors (Lipinski definition) is 1. The van der Waals surface area contributed by atoms with Crippen LogP contribution in [0.4, 0.5) is 0 Å². The standard InChI is InChI=1S/C38H57N3O5S/c1-29-25-35(45-4)26-30(2)36(29)47(43,44)41-24-9-8-16-34(41)28-46-31(3)37(42)39-21-12-15-32-17-19-38(20-18-32,40-22-10-11-23-40)27-33-13-6-5-7-14-33/h5-7,13-14,25-26,31-32,34H,8-12,15-24,27-28H2,1-4H3,(H,39,42). The van der Waals surface area contributed by atoms with E-state index in [0.29, 0.717) is 52.7 Å². The van der Waals surface area contributed by atoms with Crippen LogP contribution in [0.5, 0.6) is 5.75 Å². The minimum Gasteiger partial charge on any atom is -0.497 e. The fourth-order valence-corrected chi connectivity index (χ4v) is 10.5. The molecule has 2 saturated heterocycles. The van der Waals surface area contributed by atoms with Gasteiger partial charge in [0.25, 0.3) is 0 Å². The normalized spacial score (nSPS) is 25.0. The lowest BCUT2D eigenvalue weighted by Crippen LogP contribution is -2.51. The molecule has 2 unspecified atom stereocenters. The summed E-state index contributed by atoms with van der Waals surface area (Å²) in [5, 5.41) is 3.08. The van der Waals surface area contributed by atoms with Gasteiger partial charge in [0.2, 0.25) is 15.9 Å². The topological polar surface area (TPSA) is 88.2 Å². The Morgan fingerprint density at radius 3 is 2.30 bits per heavy atom. The maximum atomic E-state index is 13.9. The molecule has 2 atom stereocenters. The first-order valence-electron chi connectivity index (χ1n) is 18.0. The van der Waals surface area contributed by atoms with Crippen molar-refractivity contribution in [3.05, 3.63) is 59.2 Å². The number of rotatable bonds is 14. The van der Waals surface area contributed by atoms with Crippen molar-refractivity contribution in [2.24, 2.45) is 5.92 Å². The Balaban J connectivity index is 1.06. The summed E-state index contributed by atoms with van der Waals surface area (Å²) in [4.78, 5) is 16.1. The molecule has 9 heteroatoms. The molecule has 0 spiro atoms. The van der Waals surface area contributed by atoms with Gasteiger partial charge in [-0.15, -0.1) is 0 Å². The Labute approximate surface area is 283 Å². The second-order valence-electron chi connectivity index (χ2n) is 14.3. The van der Waals surface area contributed by atoms with Crippen LogP contribution in [0.2, 0.25) is 0 Å². The molecule has 1 N–H and O–H groups in total. The highest BCUT2D eigenvalue weighted by Gasteiger charge is 2.41. The molecule has 1 amide bonds. The molecule has 3 aliphatic rings. The zero-order chi connectivity index (χ0) is 33.4. The summed E-state index contributed by atoms with van der Waals surface area (Å²) in [6.45, 7) is 9.16. The predicted molar refractivity (Wildman–Crippen MR) is 187 cm³/mol. The lowest BCUT2D eigenvalue weighted by atomic mass is 9.71. The zero-order valence-electron chi connectivity index (χ0n) is 29.1.